The van der Waals surface area contributed by atoms with Gasteiger partial charge in [-0.05, 0) is 44.4 Å². The van der Waals surface area contributed by atoms with Gasteiger partial charge in [-0.25, -0.2) is 0 Å². The Morgan fingerprint density at radius 1 is 1.10 bits per heavy atom. The van der Waals surface area contributed by atoms with Crippen molar-refractivity contribution in [2.45, 2.75) is 82.4 Å². The van der Waals surface area contributed by atoms with Gasteiger partial charge in [-0.15, -0.1) is 0 Å². The van der Waals surface area contributed by atoms with Gasteiger partial charge in [0.1, 0.15) is 0 Å². The van der Waals surface area contributed by atoms with Gasteiger partial charge in [0, 0.05) is 19.2 Å². The molecule has 1 amide bonds. The van der Waals surface area contributed by atoms with Gasteiger partial charge in [-0.3, -0.25) is 4.79 Å². The average Bonchev–Trinajstić information content (AvgIpc) is 3.15. The summed E-state index contributed by atoms with van der Waals surface area (Å²) in [5, 5.41) is 6.61. The highest BCUT2D eigenvalue weighted by atomic mass is 16.5. The maximum Gasteiger partial charge on any atom is 0.237 e. The van der Waals surface area contributed by atoms with Crippen molar-refractivity contribution in [1.29, 1.82) is 0 Å². The van der Waals surface area contributed by atoms with Crippen LogP contribution < -0.4 is 10.6 Å². The summed E-state index contributed by atoms with van der Waals surface area (Å²) >= 11 is 0. The Morgan fingerprint density at radius 2 is 1.86 bits per heavy atom. The number of amides is 1. The number of hydrogen-bond donors (Lipinski definition) is 2. The first-order valence-electron chi connectivity index (χ1n) is 8.98. The van der Waals surface area contributed by atoms with Crippen molar-refractivity contribution in [2.75, 3.05) is 13.2 Å². The minimum Gasteiger partial charge on any atom is -0.378 e. The van der Waals surface area contributed by atoms with E-state index in [1.54, 1.807) is 0 Å². The van der Waals surface area contributed by atoms with Crippen LogP contribution in [0.3, 0.4) is 0 Å². The van der Waals surface area contributed by atoms with Crippen LogP contribution in [0.2, 0.25) is 0 Å². The number of ether oxygens (including phenoxy) is 1. The molecule has 1 aliphatic heterocycles. The molecule has 0 radical (unpaired) electrons. The molecule has 4 heteroatoms. The number of fused-ring (bicyclic) bond motifs is 1. The van der Waals surface area contributed by atoms with E-state index < -0.39 is 0 Å². The lowest BCUT2D eigenvalue weighted by molar-refractivity contribution is -0.122. The van der Waals surface area contributed by atoms with Gasteiger partial charge in [0.2, 0.25) is 5.91 Å². The van der Waals surface area contributed by atoms with Crippen LogP contribution in [0.1, 0.15) is 64.2 Å². The zero-order valence-electron chi connectivity index (χ0n) is 13.1. The van der Waals surface area contributed by atoms with Crippen molar-refractivity contribution < 1.29 is 9.53 Å². The summed E-state index contributed by atoms with van der Waals surface area (Å²) in [6.45, 7) is 1.54. The molecule has 0 aromatic heterocycles. The SMILES string of the molecule is O=C(NCCCOC1CCCC1)C1CC2CCCCC2N1. The molecule has 3 atom stereocenters. The number of carbonyl (C=O) groups is 1. The first kappa shape index (κ1) is 15.3. The van der Waals surface area contributed by atoms with E-state index >= 15 is 0 Å². The van der Waals surface area contributed by atoms with Crippen molar-refractivity contribution in [3.8, 4) is 0 Å². The molecule has 4 nitrogen and oxygen atoms in total. The minimum absolute atomic E-state index is 0.0499. The van der Waals surface area contributed by atoms with Gasteiger partial charge >= 0.3 is 0 Å². The van der Waals surface area contributed by atoms with Gasteiger partial charge in [-0.2, -0.15) is 0 Å². The van der Waals surface area contributed by atoms with E-state index in [2.05, 4.69) is 10.6 Å². The summed E-state index contributed by atoms with van der Waals surface area (Å²) in [6.07, 6.45) is 12.8. The van der Waals surface area contributed by atoms with Crippen molar-refractivity contribution in [3.63, 3.8) is 0 Å². The lowest BCUT2D eigenvalue weighted by atomic mass is 9.85. The monoisotopic (exact) mass is 294 g/mol. The smallest absolute Gasteiger partial charge is 0.237 e. The molecule has 0 aromatic carbocycles. The number of hydrogen-bond acceptors (Lipinski definition) is 3. The van der Waals surface area contributed by atoms with Gasteiger partial charge in [0.15, 0.2) is 0 Å². The third-order valence-electron chi connectivity index (χ3n) is 5.46. The Labute approximate surface area is 128 Å². The number of carbonyl (C=O) groups excluding carboxylic acids is 1. The zero-order valence-corrected chi connectivity index (χ0v) is 13.1. The second kappa shape index (κ2) is 7.59. The number of nitrogens with one attached hydrogen (secondary N) is 2. The molecule has 1 saturated heterocycles. The highest BCUT2D eigenvalue weighted by molar-refractivity contribution is 5.82. The molecule has 2 N–H and O–H groups in total. The molecule has 3 fully saturated rings. The van der Waals surface area contributed by atoms with Crippen LogP contribution in [0.15, 0.2) is 0 Å². The van der Waals surface area contributed by atoms with E-state index in [0.717, 1.165) is 31.9 Å². The predicted molar refractivity (Wildman–Crippen MR) is 83.1 cm³/mol. The quantitative estimate of drug-likeness (QED) is 0.740. The third-order valence-corrected chi connectivity index (χ3v) is 5.46. The fourth-order valence-corrected chi connectivity index (χ4v) is 4.23. The van der Waals surface area contributed by atoms with Crippen LogP contribution >= 0.6 is 0 Å². The van der Waals surface area contributed by atoms with Crippen molar-refractivity contribution in [2.24, 2.45) is 5.92 Å². The first-order chi connectivity index (χ1) is 10.3. The zero-order chi connectivity index (χ0) is 14.5. The molecule has 2 aliphatic carbocycles. The maximum atomic E-state index is 12.2. The van der Waals surface area contributed by atoms with E-state index in [4.69, 9.17) is 4.74 Å². The highest BCUT2D eigenvalue weighted by Gasteiger charge is 2.37. The first-order valence-corrected chi connectivity index (χ1v) is 8.98. The molecule has 0 aromatic rings. The van der Waals surface area contributed by atoms with Crippen molar-refractivity contribution in [3.05, 3.63) is 0 Å². The lowest BCUT2D eigenvalue weighted by Gasteiger charge is -2.24. The molecule has 2 saturated carbocycles. The Kier molecular flexibility index (Phi) is 5.53. The Bertz CT molecular complexity index is 328. The van der Waals surface area contributed by atoms with Crippen LogP contribution in [0.25, 0.3) is 0 Å². The molecular weight excluding hydrogens is 264 g/mol. The number of rotatable bonds is 6. The largest absolute Gasteiger partial charge is 0.378 e. The van der Waals surface area contributed by atoms with Crippen LogP contribution in [0.4, 0.5) is 0 Å². The molecule has 1 heterocycles. The fourth-order valence-electron chi connectivity index (χ4n) is 4.23. The Balaban J connectivity index is 1.28. The summed E-state index contributed by atoms with van der Waals surface area (Å²) in [6, 6.07) is 0.647. The molecule has 3 rings (SSSR count). The van der Waals surface area contributed by atoms with Crippen LogP contribution in [-0.4, -0.2) is 37.2 Å². The average molecular weight is 294 g/mol. The predicted octanol–water partition coefficient (Wildman–Crippen LogP) is 2.37. The van der Waals surface area contributed by atoms with Crippen LogP contribution in [0.5, 0.6) is 0 Å². The Hall–Kier alpha value is -0.610. The van der Waals surface area contributed by atoms with Crippen LogP contribution in [-0.2, 0) is 9.53 Å². The molecule has 0 spiro atoms. The summed E-state index contributed by atoms with van der Waals surface area (Å²) in [4.78, 5) is 12.2. The van der Waals surface area contributed by atoms with E-state index in [1.807, 2.05) is 0 Å². The van der Waals surface area contributed by atoms with Gasteiger partial charge < -0.3 is 15.4 Å². The summed E-state index contributed by atoms with van der Waals surface area (Å²) in [5.41, 5.74) is 0. The summed E-state index contributed by atoms with van der Waals surface area (Å²) in [7, 11) is 0. The van der Waals surface area contributed by atoms with Gasteiger partial charge in [-0.1, -0.05) is 25.7 Å². The molecule has 0 bridgehead atoms. The minimum atomic E-state index is 0.0499. The molecule has 3 unspecified atom stereocenters. The molecule has 21 heavy (non-hydrogen) atoms. The van der Waals surface area contributed by atoms with Gasteiger partial charge in [0.05, 0.1) is 12.1 Å². The lowest BCUT2D eigenvalue weighted by Crippen LogP contribution is -2.43. The normalized spacial score (nSPS) is 33.0. The molecule has 3 aliphatic rings. The van der Waals surface area contributed by atoms with E-state index in [9.17, 15) is 4.79 Å². The Morgan fingerprint density at radius 3 is 2.67 bits per heavy atom. The van der Waals surface area contributed by atoms with E-state index in [0.29, 0.717) is 12.1 Å². The summed E-state index contributed by atoms with van der Waals surface area (Å²) in [5.74, 6) is 0.936. The van der Waals surface area contributed by atoms with E-state index in [-0.39, 0.29) is 11.9 Å². The highest BCUT2D eigenvalue weighted by Crippen LogP contribution is 2.33. The second-order valence-corrected chi connectivity index (χ2v) is 7.03. The van der Waals surface area contributed by atoms with E-state index in [1.165, 1.54) is 51.4 Å². The summed E-state index contributed by atoms with van der Waals surface area (Å²) < 4.78 is 5.82. The molecule has 120 valence electrons. The maximum absolute atomic E-state index is 12.2. The van der Waals surface area contributed by atoms with Gasteiger partial charge in [0.25, 0.3) is 0 Å². The second-order valence-electron chi connectivity index (χ2n) is 7.03. The fraction of sp³-hybridized carbons (Fsp3) is 0.941. The van der Waals surface area contributed by atoms with Crippen molar-refractivity contribution >= 4 is 5.91 Å². The van der Waals surface area contributed by atoms with Crippen molar-refractivity contribution in [1.82, 2.24) is 10.6 Å². The molecular formula is C17H30N2O2. The topological polar surface area (TPSA) is 50.4 Å². The van der Waals surface area contributed by atoms with Crippen LogP contribution in [0, 0.1) is 5.92 Å². The third kappa shape index (κ3) is 4.19. The standard InChI is InChI=1S/C17H30N2O2/c20-17(16-12-13-6-1-4-9-15(13)19-16)18-10-5-11-21-14-7-2-3-8-14/h13-16,19H,1-12H2,(H,18,20).